The number of unbranched alkanes of at least 4 members (excludes halogenated alkanes) is 1. The molecule has 0 aromatic heterocycles. The lowest BCUT2D eigenvalue weighted by Gasteiger charge is -2.16. The Hall–Kier alpha value is -1.23. The van der Waals surface area contributed by atoms with Crippen LogP contribution >= 0.6 is 23.4 Å². The average Bonchev–Trinajstić information content (AvgIpc) is 3.25. The van der Waals surface area contributed by atoms with Gasteiger partial charge in [0.25, 0.3) is 0 Å². The van der Waals surface area contributed by atoms with Gasteiger partial charge in [0.1, 0.15) is 18.1 Å². The first-order chi connectivity index (χ1) is 14.8. The number of thioether (sulfide) groups is 1. The summed E-state index contributed by atoms with van der Waals surface area (Å²) >= 11 is 7.69. The Morgan fingerprint density at radius 1 is 1.03 bits per heavy atom. The van der Waals surface area contributed by atoms with Crippen LogP contribution in [0.4, 0.5) is 4.79 Å². The van der Waals surface area contributed by atoms with Gasteiger partial charge in [0.05, 0.1) is 38.5 Å². The highest BCUT2D eigenvalue weighted by atomic mass is 35.5. The third-order valence-electron chi connectivity index (χ3n) is 4.87. The Bertz CT molecular complexity index is 603. The van der Waals surface area contributed by atoms with Crippen molar-refractivity contribution in [2.45, 2.75) is 61.7 Å². The minimum Gasteiger partial charge on any atom is -0.463 e. The highest BCUT2D eigenvalue weighted by Crippen LogP contribution is 2.33. The van der Waals surface area contributed by atoms with Crippen molar-refractivity contribution in [3.8, 4) is 0 Å². The van der Waals surface area contributed by atoms with Crippen LogP contribution in [0.25, 0.3) is 0 Å². The molecule has 0 spiro atoms. The van der Waals surface area contributed by atoms with Crippen LogP contribution in [0.2, 0.25) is 0 Å². The highest BCUT2D eigenvalue weighted by molar-refractivity contribution is 8.00. The molecule has 3 atom stereocenters. The SMILES string of the molecule is CC(C)(Cl)C(=O)OCCOCCOCCOC(=O)CCCC[C@H]1SC[C@H]2NC(=O)N[C@H]21. The van der Waals surface area contributed by atoms with E-state index in [1.807, 2.05) is 11.8 Å². The van der Waals surface area contributed by atoms with Gasteiger partial charge < -0.3 is 29.6 Å². The number of carbonyl (C=O) groups excluding carboxylic acids is 3. The second kappa shape index (κ2) is 13.3. The predicted molar refractivity (Wildman–Crippen MR) is 117 cm³/mol. The number of fused-ring (bicyclic) bond motifs is 1. The molecule has 2 aliphatic heterocycles. The number of esters is 2. The quantitative estimate of drug-likeness (QED) is 0.158. The summed E-state index contributed by atoms with van der Waals surface area (Å²) in [6, 6.07) is 0.367. The number of alkyl halides is 1. The topological polar surface area (TPSA) is 112 Å². The van der Waals surface area contributed by atoms with E-state index in [9.17, 15) is 14.4 Å². The van der Waals surface area contributed by atoms with Crippen molar-refractivity contribution in [1.82, 2.24) is 10.6 Å². The molecule has 0 aromatic carbocycles. The molecule has 0 radical (unpaired) electrons. The third-order valence-corrected chi connectivity index (χ3v) is 6.53. The van der Waals surface area contributed by atoms with E-state index >= 15 is 0 Å². The first kappa shape index (κ1) is 26.0. The Kier molecular flexibility index (Phi) is 11.2. The van der Waals surface area contributed by atoms with Gasteiger partial charge in [-0.05, 0) is 26.7 Å². The van der Waals surface area contributed by atoms with E-state index in [2.05, 4.69) is 10.6 Å². The second-order valence-corrected chi connectivity index (χ2v) is 10.1. The van der Waals surface area contributed by atoms with E-state index in [1.54, 1.807) is 13.8 Å². The Balaban J connectivity index is 1.35. The van der Waals surface area contributed by atoms with E-state index in [4.69, 9.17) is 30.5 Å². The van der Waals surface area contributed by atoms with Gasteiger partial charge in [-0.1, -0.05) is 6.42 Å². The van der Waals surface area contributed by atoms with Gasteiger partial charge in [0.15, 0.2) is 0 Å². The minimum absolute atomic E-state index is 0.0745. The van der Waals surface area contributed by atoms with Crippen LogP contribution < -0.4 is 10.6 Å². The van der Waals surface area contributed by atoms with E-state index in [1.165, 1.54) is 0 Å². The first-order valence-electron chi connectivity index (χ1n) is 10.6. The lowest BCUT2D eigenvalue weighted by atomic mass is 10.0. The maximum atomic E-state index is 11.8. The van der Waals surface area contributed by atoms with Gasteiger partial charge in [-0.25, -0.2) is 4.79 Å². The van der Waals surface area contributed by atoms with Gasteiger partial charge >= 0.3 is 18.0 Å². The summed E-state index contributed by atoms with van der Waals surface area (Å²) in [5.41, 5.74) is 0. The summed E-state index contributed by atoms with van der Waals surface area (Å²) in [4.78, 5) is 33.5. The molecular weight excluding hydrogens is 448 g/mol. The number of rotatable bonds is 15. The molecular formula is C20H33ClN2O7S. The fraction of sp³-hybridized carbons (Fsp3) is 0.850. The number of urea groups is 1. The van der Waals surface area contributed by atoms with Crippen molar-refractivity contribution in [1.29, 1.82) is 0 Å². The van der Waals surface area contributed by atoms with Gasteiger partial charge in [-0.2, -0.15) is 11.8 Å². The van der Waals surface area contributed by atoms with Gasteiger partial charge in [0.2, 0.25) is 0 Å². The zero-order chi connectivity index (χ0) is 22.7. The monoisotopic (exact) mass is 480 g/mol. The van der Waals surface area contributed by atoms with E-state index in [0.717, 1.165) is 25.0 Å². The summed E-state index contributed by atoms with van der Waals surface area (Å²) < 4.78 is 20.7. The van der Waals surface area contributed by atoms with Crippen LogP contribution in [0.5, 0.6) is 0 Å². The molecule has 2 N–H and O–H groups in total. The summed E-state index contributed by atoms with van der Waals surface area (Å²) in [6.45, 7) is 4.77. The standard InChI is InChI=1S/C20H33ClN2O7S/c1-20(2,21)18(25)30-12-10-28-8-7-27-9-11-29-16(24)6-4-3-5-15-17-14(13-31-15)22-19(26)23-17/h14-15,17H,3-13H2,1-2H3,(H2,22,23,26)/t14-,15-,17-/m1/s1. The Labute approximate surface area is 192 Å². The molecule has 2 aliphatic rings. The van der Waals surface area contributed by atoms with Crippen molar-refractivity contribution < 1.29 is 33.3 Å². The molecule has 2 heterocycles. The zero-order valence-electron chi connectivity index (χ0n) is 18.2. The van der Waals surface area contributed by atoms with E-state index < -0.39 is 10.8 Å². The molecule has 0 aromatic rings. The van der Waals surface area contributed by atoms with Crippen molar-refractivity contribution in [2.75, 3.05) is 45.4 Å². The van der Waals surface area contributed by atoms with Crippen molar-refractivity contribution in [3.05, 3.63) is 0 Å². The molecule has 0 unspecified atom stereocenters. The third kappa shape index (κ3) is 9.84. The molecule has 2 amide bonds. The number of ether oxygens (including phenoxy) is 4. The summed E-state index contributed by atoms with van der Waals surface area (Å²) in [5.74, 6) is 0.235. The molecule has 0 aliphatic carbocycles. The Morgan fingerprint density at radius 3 is 2.35 bits per heavy atom. The highest BCUT2D eigenvalue weighted by Gasteiger charge is 2.42. The van der Waals surface area contributed by atoms with Crippen LogP contribution in [-0.2, 0) is 28.5 Å². The summed E-state index contributed by atoms with van der Waals surface area (Å²) in [5, 5.41) is 6.31. The van der Waals surface area contributed by atoms with Crippen LogP contribution in [0.3, 0.4) is 0 Å². The van der Waals surface area contributed by atoms with Crippen LogP contribution in [-0.4, -0.2) is 85.6 Å². The fourth-order valence-corrected chi connectivity index (χ4v) is 4.83. The van der Waals surface area contributed by atoms with E-state index in [-0.39, 0.29) is 43.9 Å². The van der Waals surface area contributed by atoms with Gasteiger partial charge in [0, 0.05) is 17.4 Å². The molecule has 178 valence electrons. The van der Waals surface area contributed by atoms with Crippen molar-refractivity contribution in [3.63, 3.8) is 0 Å². The fourth-order valence-electron chi connectivity index (χ4n) is 3.23. The summed E-state index contributed by atoms with van der Waals surface area (Å²) in [7, 11) is 0. The molecule has 2 saturated heterocycles. The van der Waals surface area contributed by atoms with Crippen LogP contribution in [0, 0.1) is 0 Å². The second-order valence-electron chi connectivity index (χ2n) is 7.92. The molecule has 9 nitrogen and oxygen atoms in total. The number of carbonyl (C=O) groups is 3. The smallest absolute Gasteiger partial charge is 0.326 e. The Morgan fingerprint density at radius 2 is 1.68 bits per heavy atom. The lowest BCUT2D eigenvalue weighted by Crippen LogP contribution is -2.36. The largest absolute Gasteiger partial charge is 0.463 e. The zero-order valence-corrected chi connectivity index (χ0v) is 19.7. The van der Waals surface area contributed by atoms with Gasteiger partial charge in [-0.3, -0.25) is 9.59 Å². The minimum atomic E-state index is -1.04. The van der Waals surface area contributed by atoms with Crippen LogP contribution in [0.15, 0.2) is 0 Å². The van der Waals surface area contributed by atoms with Crippen LogP contribution in [0.1, 0.15) is 39.5 Å². The molecule has 11 heteroatoms. The number of nitrogens with one attached hydrogen (secondary N) is 2. The van der Waals surface area contributed by atoms with Crippen molar-refractivity contribution >= 4 is 41.3 Å². The molecule has 31 heavy (non-hydrogen) atoms. The molecule has 2 fully saturated rings. The maximum Gasteiger partial charge on any atom is 0.326 e. The number of amides is 2. The molecule has 0 bridgehead atoms. The number of hydrogen-bond donors (Lipinski definition) is 2. The average molecular weight is 481 g/mol. The van der Waals surface area contributed by atoms with Crippen molar-refractivity contribution in [2.24, 2.45) is 0 Å². The maximum absolute atomic E-state index is 11.8. The van der Waals surface area contributed by atoms with Gasteiger partial charge in [-0.15, -0.1) is 11.6 Å². The predicted octanol–water partition coefficient (Wildman–Crippen LogP) is 1.85. The lowest BCUT2D eigenvalue weighted by molar-refractivity contribution is -0.148. The molecule has 0 saturated carbocycles. The molecule has 2 rings (SSSR count). The van der Waals surface area contributed by atoms with E-state index in [0.29, 0.717) is 31.5 Å². The number of halogens is 1. The summed E-state index contributed by atoms with van der Waals surface area (Å²) in [6.07, 6.45) is 3.07. The first-order valence-corrected chi connectivity index (χ1v) is 12.1. The normalized spacial score (nSPS) is 22.5. The number of hydrogen-bond acceptors (Lipinski definition) is 8.